The van der Waals surface area contributed by atoms with E-state index in [2.05, 4.69) is 27.7 Å². The minimum Gasteiger partial charge on any atom is -0.376 e. The van der Waals surface area contributed by atoms with Gasteiger partial charge in [0.2, 0.25) is 0 Å². The monoisotopic (exact) mass is 490 g/mol. The van der Waals surface area contributed by atoms with Crippen molar-refractivity contribution in [2.45, 2.75) is 90.1 Å². The van der Waals surface area contributed by atoms with E-state index < -0.39 is 0 Å². The summed E-state index contributed by atoms with van der Waals surface area (Å²) in [6.07, 6.45) is -0.00779. The molecule has 0 N–H and O–H groups in total. The van der Waals surface area contributed by atoms with Crippen molar-refractivity contribution in [3.63, 3.8) is 0 Å². The smallest absolute Gasteiger partial charge is 0.163 e. The van der Waals surface area contributed by atoms with Gasteiger partial charge in [0.05, 0.1) is 52.9 Å². The third-order valence-corrected chi connectivity index (χ3v) is 6.04. The summed E-state index contributed by atoms with van der Waals surface area (Å²) in [6, 6.07) is 0. The topological polar surface area (TPSA) is 92.3 Å². The highest BCUT2D eigenvalue weighted by Gasteiger charge is 2.34. The SMILES string of the molecule is CC(C)CC1OCC(OC2COC(CC3OCC(COCC4COC(C(C)C)O4)O3)OC2)CO1. The average molecular weight is 491 g/mol. The molecule has 4 atom stereocenters. The van der Waals surface area contributed by atoms with Gasteiger partial charge in [-0.15, -0.1) is 0 Å². The first-order valence-electron chi connectivity index (χ1n) is 12.7. The standard InChI is InChI=1S/C24H42O10/c1-15(2)5-21-26-10-19(11-27-21)32-20-12-28-22(29-13-20)6-23-30-9-17(33-23)7-25-8-18-14-31-24(34-18)16(3)4/h15-24H,5-14H2,1-4H3. The molecule has 0 aromatic carbocycles. The molecule has 4 aliphatic rings. The van der Waals surface area contributed by atoms with Crippen LogP contribution in [-0.2, 0) is 47.4 Å². The largest absolute Gasteiger partial charge is 0.376 e. The van der Waals surface area contributed by atoms with Gasteiger partial charge in [0.25, 0.3) is 0 Å². The molecule has 4 aliphatic heterocycles. The quantitative estimate of drug-likeness (QED) is 0.429. The summed E-state index contributed by atoms with van der Waals surface area (Å²) in [5.74, 6) is 0.871. The fraction of sp³-hybridized carbons (Fsp3) is 1.00. The maximum Gasteiger partial charge on any atom is 0.163 e. The Labute approximate surface area is 202 Å². The van der Waals surface area contributed by atoms with Crippen molar-refractivity contribution in [2.75, 3.05) is 52.9 Å². The third kappa shape index (κ3) is 8.33. The van der Waals surface area contributed by atoms with Crippen molar-refractivity contribution in [3.8, 4) is 0 Å². The van der Waals surface area contributed by atoms with Crippen LogP contribution in [0.4, 0.5) is 0 Å². The van der Waals surface area contributed by atoms with Crippen molar-refractivity contribution in [3.05, 3.63) is 0 Å². The minimum absolute atomic E-state index is 0.0297. The van der Waals surface area contributed by atoms with Crippen LogP contribution in [0, 0.1) is 11.8 Å². The fourth-order valence-corrected chi connectivity index (χ4v) is 4.25. The van der Waals surface area contributed by atoms with Crippen molar-refractivity contribution < 1.29 is 47.4 Å². The molecule has 0 aromatic heterocycles. The lowest BCUT2D eigenvalue weighted by molar-refractivity contribution is -0.279. The minimum atomic E-state index is -0.379. The van der Waals surface area contributed by atoms with Crippen LogP contribution in [-0.4, -0.2) is 102 Å². The Balaban J connectivity index is 1.04. The summed E-state index contributed by atoms with van der Waals surface area (Å²) >= 11 is 0. The second-order valence-corrected chi connectivity index (χ2v) is 10.2. The van der Waals surface area contributed by atoms with E-state index in [1.807, 2.05) is 0 Å². The van der Waals surface area contributed by atoms with Crippen LogP contribution in [0.1, 0.15) is 40.5 Å². The molecule has 4 heterocycles. The molecule has 0 bridgehead atoms. The molecule has 4 fully saturated rings. The Hall–Kier alpha value is -0.400. The maximum absolute atomic E-state index is 6.03. The lowest BCUT2D eigenvalue weighted by atomic mass is 10.1. The van der Waals surface area contributed by atoms with Gasteiger partial charge >= 0.3 is 0 Å². The van der Waals surface area contributed by atoms with Crippen LogP contribution in [0.5, 0.6) is 0 Å². The van der Waals surface area contributed by atoms with Gasteiger partial charge in [-0.25, -0.2) is 0 Å². The average Bonchev–Trinajstić information content (AvgIpc) is 3.46. The first-order valence-corrected chi connectivity index (χ1v) is 12.7. The molecule has 4 rings (SSSR count). The third-order valence-electron chi connectivity index (χ3n) is 6.04. The van der Waals surface area contributed by atoms with Gasteiger partial charge in [0.15, 0.2) is 25.2 Å². The molecule has 0 saturated carbocycles. The van der Waals surface area contributed by atoms with E-state index in [-0.39, 0.29) is 49.6 Å². The second-order valence-electron chi connectivity index (χ2n) is 10.2. The van der Waals surface area contributed by atoms with Gasteiger partial charge in [-0.2, -0.15) is 0 Å². The van der Waals surface area contributed by atoms with Crippen LogP contribution in [0.25, 0.3) is 0 Å². The van der Waals surface area contributed by atoms with E-state index in [4.69, 9.17) is 47.4 Å². The van der Waals surface area contributed by atoms with Crippen molar-refractivity contribution in [1.29, 1.82) is 0 Å². The molecule has 10 heteroatoms. The molecule has 4 unspecified atom stereocenters. The molecule has 0 aromatic rings. The van der Waals surface area contributed by atoms with Crippen LogP contribution < -0.4 is 0 Å². The normalized spacial score (nSPS) is 39.4. The first-order chi connectivity index (χ1) is 16.4. The van der Waals surface area contributed by atoms with Crippen LogP contribution in [0.3, 0.4) is 0 Å². The molecule has 10 nitrogen and oxygen atoms in total. The highest BCUT2D eigenvalue weighted by atomic mass is 16.8. The van der Waals surface area contributed by atoms with Crippen LogP contribution in [0.15, 0.2) is 0 Å². The van der Waals surface area contributed by atoms with Crippen LogP contribution >= 0.6 is 0 Å². The number of hydrogen-bond donors (Lipinski definition) is 0. The maximum atomic E-state index is 6.03. The first kappa shape index (κ1) is 26.7. The van der Waals surface area contributed by atoms with Gasteiger partial charge in [-0.3, -0.25) is 0 Å². The van der Waals surface area contributed by atoms with Gasteiger partial charge in [0, 0.05) is 18.8 Å². The van der Waals surface area contributed by atoms with E-state index in [9.17, 15) is 0 Å². The molecule has 4 saturated heterocycles. The van der Waals surface area contributed by atoms with E-state index in [0.29, 0.717) is 71.1 Å². The summed E-state index contributed by atoms with van der Waals surface area (Å²) in [5, 5.41) is 0. The molecule has 0 amide bonds. The Morgan fingerprint density at radius 2 is 1.21 bits per heavy atom. The van der Waals surface area contributed by atoms with Crippen molar-refractivity contribution in [1.82, 2.24) is 0 Å². The molecular weight excluding hydrogens is 448 g/mol. The zero-order valence-electron chi connectivity index (χ0n) is 20.9. The summed E-state index contributed by atoms with van der Waals surface area (Å²) in [7, 11) is 0. The summed E-state index contributed by atoms with van der Waals surface area (Å²) in [4.78, 5) is 0. The Kier molecular flexibility index (Phi) is 10.4. The van der Waals surface area contributed by atoms with E-state index >= 15 is 0 Å². The van der Waals surface area contributed by atoms with Crippen molar-refractivity contribution >= 4 is 0 Å². The van der Waals surface area contributed by atoms with E-state index in [1.54, 1.807) is 0 Å². The van der Waals surface area contributed by atoms with Gasteiger partial charge in [-0.1, -0.05) is 27.7 Å². The lowest BCUT2D eigenvalue weighted by Crippen LogP contribution is -2.45. The van der Waals surface area contributed by atoms with Gasteiger partial charge < -0.3 is 47.4 Å². The van der Waals surface area contributed by atoms with E-state index in [0.717, 1.165) is 6.42 Å². The molecular formula is C24H42O10. The predicted molar refractivity (Wildman–Crippen MR) is 119 cm³/mol. The van der Waals surface area contributed by atoms with Crippen LogP contribution in [0.2, 0.25) is 0 Å². The van der Waals surface area contributed by atoms with Crippen molar-refractivity contribution in [2.24, 2.45) is 11.8 Å². The van der Waals surface area contributed by atoms with Gasteiger partial charge in [0.1, 0.15) is 24.4 Å². The highest BCUT2D eigenvalue weighted by Crippen LogP contribution is 2.23. The van der Waals surface area contributed by atoms with E-state index in [1.165, 1.54) is 0 Å². The zero-order valence-corrected chi connectivity index (χ0v) is 20.9. The Morgan fingerprint density at radius 3 is 1.79 bits per heavy atom. The predicted octanol–water partition coefficient (Wildman–Crippen LogP) is 2.08. The van der Waals surface area contributed by atoms with Gasteiger partial charge in [-0.05, 0) is 5.92 Å². The zero-order chi connectivity index (χ0) is 23.9. The number of hydrogen-bond acceptors (Lipinski definition) is 10. The molecule has 0 aliphatic carbocycles. The lowest BCUT2D eigenvalue weighted by Gasteiger charge is -2.35. The summed E-state index contributed by atoms with van der Waals surface area (Å²) in [6.45, 7) is 12.4. The Morgan fingerprint density at radius 1 is 0.647 bits per heavy atom. The highest BCUT2D eigenvalue weighted by molar-refractivity contribution is 4.73. The molecule has 0 spiro atoms. The summed E-state index contributed by atoms with van der Waals surface area (Å²) < 4.78 is 58.0. The molecule has 198 valence electrons. The molecule has 34 heavy (non-hydrogen) atoms. The second kappa shape index (κ2) is 13.2. The molecule has 0 radical (unpaired) electrons. The number of ether oxygens (including phenoxy) is 10. The number of rotatable bonds is 11. The Bertz CT molecular complexity index is 574. The summed E-state index contributed by atoms with van der Waals surface area (Å²) in [5.41, 5.74) is 0. The fourth-order valence-electron chi connectivity index (χ4n) is 4.25.